The van der Waals surface area contributed by atoms with Crippen molar-refractivity contribution in [2.45, 2.75) is 6.92 Å². The van der Waals surface area contributed by atoms with Crippen molar-refractivity contribution in [2.24, 2.45) is 4.36 Å². The molecule has 0 atom stereocenters. The molecule has 1 N–H and O–H groups in total. The molecule has 1 amide bonds. The maximum absolute atomic E-state index is 12.8. The SMILES string of the molecule is Cc1nonc1NC(=O)c1ccc(Cl)c(N=S2(=O)CCOCC2)c1Cl. The lowest BCUT2D eigenvalue weighted by Crippen LogP contribution is -2.25. The van der Waals surface area contributed by atoms with Crippen LogP contribution in [-0.4, -0.2) is 45.1 Å². The first-order valence-corrected chi connectivity index (χ1v) is 9.89. The van der Waals surface area contributed by atoms with Gasteiger partial charge in [0.25, 0.3) is 5.91 Å². The fourth-order valence-corrected chi connectivity index (χ4v) is 4.47. The number of hydrogen-bond acceptors (Lipinski definition) is 7. The fraction of sp³-hybridized carbons (Fsp3) is 0.357. The van der Waals surface area contributed by atoms with E-state index in [1.165, 1.54) is 12.1 Å². The number of carbonyl (C=O) groups excluding carboxylic acids is 1. The number of aromatic nitrogens is 2. The molecule has 0 spiro atoms. The van der Waals surface area contributed by atoms with Crippen molar-refractivity contribution in [1.29, 1.82) is 0 Å². The molecule has 0 bridgehead atoms. The van der Waals surface area contributed by atoms with E-state index in [2.05, 4.69) is 24.6 Å². The molecule has 8 nitrogen and oxygen atoms in total. The van der Waals surface area contributed by atoms with E-state index in [-0.39, 0.29) is 27.1 Å². The summed E-state index contributed by atoms with van der Waals surface area (Å²) < 4.78 is 26.8. The normalized spacial score (nSPS) is 16.4. The van der Waals surface area contributed by atoms with Crippen LogP contribution in [0.5, 0.6) is 0 Å². The predicted molar refractivity (Wildman–Crippen MR) is 94.2 cm³/mol. The average Bonchev–Trinajstić information content (AvgIpc) is 2.97. The van der Waals surface area contributed by atoms with Gasteiger partial charge in [-0.15, -0.1) is 0 Å². The number of halogens is 2. The molecule has 3 rings (SSSR count). The molecule has 0 aliphatic carbocycles. The summed E-state index contributed by atoms with van der Waals surface area (Å²) in [5, 5.41) is 9.95. The second-order valence-corrected chi connectivity index (χ2v) is 8.62. The minimum Gasteiger partial charge on any atom is -0.379 e. The summed E-state index contributed by atoms with van der Waals surface area (Å²) in [5.41, 5.74) is 0.689. The van der Waals surface area contributed by atoms with E-state index in [0.29, 0.717) is 30.4 Å². The van der Waals surface area contributed by atoms with Gasteiger partial charge in [0.05, 0.1) is 50.1 Å². The minimum atomic E-state index is -2.53. The Morgan fingerprint density at radius 2 is 2.00 bits per heavy atom. The molecule has 1 saturated heterocycles. The molecule has 1 aromatic carbocycles. The van der Waals surface area contributed by atoms with Crippen molar-refractivity contribution in [1.82, 2.24) is 10.3 Å². The summed E-state index contributed by atoms with van der Waals surface area (Å²) in [6.45, 7) is 2.35. The monoisotopic (exact) mass is 404 g/mol. The molecule has 0 saturated carbocycles. The van der Waals surface area contributed by atoms with Crippen molar-refractivity contribution in [3.05, 3.63) is 33.4 Å². The van der Waals surface area contributed by atoms with E-state index in [1.54, 1.807) is 6.92 Å². The molecule has 11 heteroatoms. The van der Waals surface area contributed by atoms with E-state index in [0.717, 1.165) is 0 Å². The zero-order valence-corrected chi connectivity index (χ0v) is 15.5. The molecule has 1 fully saturated rings. The fourth-order valence-electron chi connectivity index (χ4n) is 2.16. The van der Waals surface area contributed by atoms with Gasteiger partial charge < -0.3 is 10.1 Å². The van der Waals surface area contributed by atoms with Gasteiger partial charge in [-0.05, 0) is 24.2 Å². The van der Waals surface area contributed by atoms with Crippen molar-refractivity contribution < 1.29 is 18.4 Å². The van der Waals surface area contributed by atoms with Crippen LogP contribution in [0.15, 0.2) is 21.1 Å². The van der Waals surface area contributed by atoms with Gasteiger partial charge in [0.2, 0.25) is 5.82 Å². The summed E-state index contributed by atoms with van der Waals surface area (Å²) in [7, 11) is -2.53. The summed E-state index contributed by atoms with van der Waals surface area (Å²) in [4.78, 5) is 12.4. The zero-order chi connectivity index (χ0) is 18.0. The van der Waals surface area contributed by atoms with Gasteiger partial charge in [-0.3, -0.25) is 4.79 Å². The van der Waals surface area contributed by atoms with Crippen molar-refractivity contribution >= 4 is 50.3 Å². The molecule has 1 aliphatic rings. The van der Waals surface area contributed by atoms with Crippen LogP contribution in [0.1, 0.15) is 16.1 Å². The van der Waals surface area contributed by atoms with Crippen molar-refractivity contribution in [3.63, 3.8) is 0 Å². The Bertz CT molecular complexity index is 925. The molecular weight excluding hydrogens is 391 g/mol. The number of nitrogens with one attached hydrogen (secondary N) is 1. The van der Waals surface area contributed by atoms with Gasteiger partial charge in [0.15, 0.2) is 0 Å². The lowest BCUT2D eigenvalue weighted by atomic mass is 10.2. The summed E-state index contributed by atoms with van der Waals surface area (Å²) in [6, 6.07) is 2.94. The smallest absolute Gasteiger partial charge is 0.258 e. The van der Waals surface area contributed by atoms with E-state index < -0.39 is 15.6 Å². The van der Waals surface area contributed by atoms with Crippen LogP contribution in [0.3, 0.4) is 0 Å². The van der Waals surface area contributed by atoms with Gasteiger partial charge in [-0.2, -0.15) is 4.36 Å². The summed E-state index contributed by atoms with van der Waals surface area (Å²) in [5.74, 6) is 0.239. The second kappa shape index (κ2) is 7.28. The molecule has 0 unspecified atom stereocenters. The van der Waals surface area contributed by atoms with Gasteiger partial charge >= 0.3 is 0 Å². The third kappa shape index (κ3) is 3.95. The number of benzene rings is 1. The van der Waals surface area contributed by atoms with Gasteiger partial charge in [0, 0.05) is 0 Å². The minimum absolute atomic E-state index is 0.0216. The highest BCUT2D eigenvalue weighted by Gasteiger charge is 2.21. The van der Waals surface area contributed by atoms with Gasteiger partial charge in [0.1, 0.15) is 11.4 Å². The van der Waals surface area contributed by atoms with E-state index in [9.17, 15) is 9.00 Å². The highest BCUT2D eigenvalue weighted by Crippen LogP contribution is 2.37. The molecule has 25 heavy (non-hydrogen) atoms. The first-order valence-electron chi connectivity index (χ1n) is 7.28. The molecule has 2 heterocycles. The highest BCUT2D eigenvalue weighted by molar-refractivity contribution is 7.93. The molecular formula is C14H14Cl2N4O4S. The van der Waals surface area contributed by atoms with Crippen molar-refractivity contribution in [2.75, 3.05) is 30.0 Å². The Labute approximate surface area is 154 Å². The summed E-state index contributed by atoms with van der Waals surface area (Å²) in [6.07, 6.45) is 0. The summed E-state index contributed by atoms with van der Waals surface area (Å²) >= 11 is 12.5. The number of nitrogens with zero attached hydrogens (tertiary/aromatic N) is 3. The third-order valence-electron chi connectivity index (χ3n) is 3.55. The number of aryl methyl sites for hydroxylation is 1. The van der Waals surface area contributed by atoms with E-state index in [4.69, 9.17) is 27.9 Å². The molecule has 1 aromatic heterocycles. The number of ether oxygens (including phenoxy) is 1. The van der Waals surface area contributed by atoms with Crippen LogP contribution >= 0.6 is 23.2 Å². The maximum Gasteiger partial charge on any atom is 0.258 e. The van der Waals surface area contributed by atoms with Crippen LogP contribution < -0.4 is 5.32 Å². The Hall–Kier alpha value is -1.68. The Balaban J connectivity index is 1.97. The average molecular weight is 405 g/mol. The molecule has 2 aromatic rings. The van der Waals surface area contributed by atoms with Crippen LogP contribution in [0.25, 0.3) is 0 Å². The molecule has 1 aliphatic heterocycles. The Morgan fingerprint density at radius 3 is 2.64 bits per heavy atom. The molecule has 134 valence electrons. The Morgan fingerprint density at radius 1 is 1.28 bits per heavy atom. The number of carbonyl (C=O) groups is 1. The van der Waals surface area contributed by atoms with Crippen LogP contribution in [0.4, 0.5) is 11.5 Å². The highest BCUT2D eigenvalue weighted by atomic mass is 35.5. The van der Waals surface area contributed by atoms with Gasteiger partial charge in [-0.25, -0.2) is 8.84 Å². The largest absolute Gasteiger partial charge is 0.379 e. The number of amides is 1. The maximum atomic E-state index is 12.8. The number of rotatable bonds is 3. The number of hydrogen-bond donors (Lipinski definition) is 1. The second-order valence-electron chi connectivity index (χ2n) is 5.29. The lowest BCUT2D eigenvalue weighted by Gasteiger charge is -2.17. The van der Waals surface area contributed by atoms with Crippen molar-refractivity contribution in [3.8, 4) is 0 Å². The first kappa shape index (κ1) is 18.1. The quantitative estimate of drug-likeness (QED) is 0.841. The van der Waals surface area contributed by atoms with Crippen LogP contribution in [-0.2, 0) is 14.5 Å². The van der Waals surface area contributed by atoms with Crippen LogP contribution in [0, 0.1) is 6.92 Å². The molecule has 0 radical (unpaired) electrons. The van der Waals surface area contributed by atoms with E-state index >= 15 is 0 Å². The standard InChI is InChI=1S/C14H14Cl2N4O4S/c1-8-13(19-24-18-8)17-14(21)9-2-3-10(15)12(11(9)16)20-25(22)6-4-23-5-7-25/h2-3H,4-7H2,1H3,(H,17,19,21). The third-order valence-corrected chi connectivity index (χ3v) is 6.36. The number of anilines is 1. The Kier molecular flexibility index (Phi) is 5.28. The zero-order valence-electron chi connectivity index (χ0n) is 13.1. The first-order chi connectivity index (χ1) is 11.9. The predicted octanol–water partition coefficient (Wildman–Crippen LogP) is 3.07. The van der Waals surface area contributed by atoms with Crippen LogP contribution in [0.2, 0.25) is 10.0 Å². The van der Waals surface area contributed by atoms with E-state index in [1.807, 2.05) is 0 Å². The lowest BCUT2D eigenvalue weighted by molar-refractivity contribution is 0.102. The van der Waals surface area contributed by atoms with Gasteiger partial charge in [-0.1, -0.05) is 28.4 Å². The topological polar surface area (TPSA) is 107 Å².